The highest BCUT2D eigenvalue weighted by Gasteiger charge is 2.31. The Hall–Kier alpha value is -15.2. The zero-order valence-electron chi connectivity index (χ0n) is 61.5. The van der Waals surface area contributed by atoms with Crippen molar-refractivity contribution in [3.8, 4) is 55.6 Å². The first-order chi connectivity index (χ1) is 56.5. The van der Waals surface area contributed by atoms with Crippen molar-refractivity contribution in [1.82, 2.24) is 0 Å². The second kappa shape index (κ2) is 25.2. The highest BCUT2D eigenvalue weighted by molar-refractivity contribution is 6.28. The largest absolute Gasteiger partial charge is 0.456 e. The van der Waals surface area contributed by atoms with Gasteiger partial charge in [0.2, 0.25) is 0 Å². The predicted octanol–water partition coefficient (Wildman–Crippen LogP) is 31.5. The molecule has 4 heterocycles. The molecule has 4 aromatic heterocycles. The number of fused-ring (bicyclic) bond motifs is 20. The molecule has 6 nitrogen and oxygen atoms in total. The fourth-order valence-corrected chi connectivity index (χ4v) is 18.7. The normalized spacial score (nSPS) is 12.0. The van der Waals surface area contributed by atoms with Crippen molar-refractivity contribution < 1.29 is 17.7 Å². The molecule has 0 unspecified atom stereocenters. The standard InChI is InChI=1S/C108H64N2O4/c1-2-24-68-61-72(54-51-65(68)23-1)101-84-34-7-3-28-77(84)79-30-5-9-36-87(79)104(101)110(94-45-22-50-99-103(94)92-38-13-16-49-98(92)111-99)74-27-17-26-71(62-74)76-40-20-43-90-83-60-57-70(64-100(83)114-107(76)90)69-53-52-66-25-18-41-86(93(66)63-69)102-85-35-8-4-29-78(85)80-31-6-10-37-88(80)105(102)109(95-46-21-44-91-82-33-12-15-48-97(82)113-108(91)95)73-58-55-67(56-59-73)75-39-19-42-89-81-32-11-14-47-96(81)112-106(75)89/h1-64H. The lowest BCUT2D eigenvalue weighted by atomic mass is 9.87. The molecule has 0 aliphatic heterocycles. The van der Waals surface area contributed by atoms with Crippen molar-refractivity contribution in [3.63, 3.8) is 0 Å². The third kappa shape index (κ3) is 9.74. The molecule has 0 saturated carbocycles. The fraction of sp³-hybridized carbons (Fsp3) is 0. The van der Waals surface area contributed by atoms with Crippen LogP contribution >= 0.6 is 0 Å². The summed E-state index contributed by atoms with van der Waals surface area (Å²) in [4.78, 5) is 4.96. The molecule has 530 valence electrons. The molecule has 24 rings (SSSR count). The van der Waals surface area contributed by atoms with Crippen LogP contribution in [0, 0.1) is 0 Å². The molecule has 0 atom stereocenters. The molecule has 0 spiro atoms. The first kappa shape index (κ1) is 63.7. The summed E-state index contributed by atoms with van der Waals surface area (Å²) in [6.45, 7) is 0. The van der Waals surface area contributed by atoms with E-state index in [-0.39, 0.29) is 0 Å². The number of hydrogen-bond donors (Lipinski definition) is 0. The summed E-state index contributed by atoms with van der Waals surface area (Å²) in [5, 5.41) is 22.3. The van der Waals surface area contributed by atoms with Gasteiger partial charge in [-0.05, 0) is 172 Å². The van der Waals surface area contributed by atoms with E-state index in [1.807, 2.05) is 12.1 Å². The van der Waals surface area contributed by atoms with Gasteiger partial charge in [-0.25, -0.2) is 0 Å². The molecule has 0 radical (unpaired) electrons. The Bertz CT molecular complexity index is 8150. The lowest BCUT2D eigenvalue weighted by Gasteiger charge is -2.31. The van der Waals surface area contributed by atoms with E-state index < -0.39 is 0 Å². The molecule has 0 aliphatic carbocycles. The highest BCUT2D eigenvalue weighted by atomic mass is 16.3. The Balaban J connectivity index is 0.675. The van der Waals surface area contributed by atoms with Crippen molar-refractivity contribution in [2.45, 2.75) is 0 Å². The second-order valence-electron chi connectivity index (χ2n) is 30.0. The SMILES string of the molecule is c1cc(-c2cccc3c2oc2cc(-c4ccc5cccc(-c6c(N(c7ccc(-c8cccc9c8oc8ccccc89)cc7)c7cccc8c7oc7ccccc78)c7ccccc7c7ccccc67)c5c4)ccc23)cc(N(c2c(-c3ccc4ccccc4c3)c3ccccc3c3ccccc23)c2cccc3oc4ccccc4c23)c1. The van der Waals surface area contributed by atoms with Crippen molar-refractivity contribution in [1.29, 1.82) is 0 Å². The lowest BCUT2D eigenvalue weighted by molar-refractivity contribution is 0.668. The van der Waals surface area contributed by atoms with E-state index in [0.717, 1.165) is 210 Å². The minimum atomic E-state index is 0.803. The summed E-state index contributed by atoms with van der Waals surface area (Å²) >= 11 is 0. The van der Waals surface area contributed by atoms with Gasteiger partial charge in [-0.1, -0.05) is 303 Å². The van der Waals surface area contributed by atoms with Crippen LogP contribution in [0.2, 0.25) is 0 Å². The zero-order chi connectivity index (χ0) is 74.6. The Morgan fingerprint density at radius 3 is 1.31 bits per heavy atom. The summed E-state index contributed by atoms with van der Waals surface area (Å²) in [7, 11) is 0. The van der Waals surface area contributed by atoms with Crippen LogP contribution < -0.4 is 9.80 Å². The number of anilines is 6. The smallest absolute Gasteiger partial charge is 0.159 e. The van der Waals surface area contributed by atoms with Crippen LogP contribution in [-0.4, -0.2) is 0 Å². The molecular formula is C108H64N2O4. The van der Waals surface area contributed by atoms with Crippen molar-refractivity contribution in [2.75, 3.05) is 9.80 Å². The summed E-state index contributed by atoms with van der Waals surface area (Å²) in [5.74, 6) is 0. The summed E-state index contributed by atoms with van der Waals surface area (Å²) in [6.07, 6.45) is 0. The molecule has 0 aliphatic rings. The van der Waals surface area contributed by atoms with Crippen molar-refractivity contribution in [2.24, 2.45) is 0 Å². The highest BCUT2D eigenvalue weighted by Crippen LogP contribution is 2.56. The van der Waals surface area contributed by atoms with Gasteiger partial charge in [-0.3, -0.25) is 0 Å². The number of furan rings is 4. The van der Waals surface area contributed by atoms with Crippen LogP contribution in [0.25, 0.3) is 208 Å². The van der Waals surface area contributed by atoms with Crippen LogP contribution in [-0.2, 0) is 0 Å². The molecule has 0 bridgehead atoms. The van der Waals surface area contributed by atoms with E-state index in [1.54, 1.807) is 0 Å². The Kier molecular flexibility index (Phi) is 14.0. The summed E-state index contributed by atoms with van der Waals surface area (Å²) in [5.41, 5.74) is 23.4. The molecule has 0 saturated heterocycles. The third-order valence-corrected chi connectivity index (χ3v) is 23.8. The second-order valence-corrected chi connectivity index (χ2v) is 30.0. The van der Waals surface area contributed by atoms with Gasteiger partial charge in [-0.15, -0.1) is 0 Å². The maximum atomic E-state index is 7.35. The van der Waals surface area contributed by atoms with Gasteiger partial charge >= 0.3 is 0 Å². The molecule has 24 aromatic rings. The average molecular weight is 1450 g/mol. The van der Waals surface area contributed by atoms with Crippen molar-refractivity contribution >= 4 is 187 Å². The Labute approximate surface area is 653 Å². The van der Waals surface area contributed by atoms with Crippen LogP contribution in [0.1, 0.15) is 0 Å². The molecule has 114 heavy (non-hydrogen) atoms. The topological polar surface area (TPSA) is 59.0 Å². The van der Waals surface area contributed by atoms with Crippen LogP contribution in [0.4, 0.5) is 34.1 Å². The van der Waals surface area contributed by atoms with Gasteiger partial charge in [0.1, 0.15) is 39.1 Å². The van der Waals surface area contributed by atoms with Crippen LogP contribution in [0.15, 0.2) is 406 Å². The first-order valence-corrected chi connectivity index (χ1v) is 38.9. The third-order valence-electron chi connectivity index (χ3n) is 23.8. The van der Waals surface area contributed by atoms with E-state index in [9.17, 15) is 0 Å². The maximum absolute atomic E-state index is 7.35. The van der Waals surface area contributed by atoms with Gasteiger partial charge in [0, 0.05) is 82.1 Å². The van der Waals surface area contributed by atoms with Gasteiger partial charge in [0.25, 0.3) is 0 Å². The van der Waals surface area contributed by atoms with Crippen LogP contribution in [0.3, 0.4) is 0 Å². The van der Waals surface area contributed by atoms with E-state index in [4.69, 9.17) is 17.7 Å². The monoisotopic (exact) mass is 1450 g/mol. The number of nitrogens with zero attached hydrogens (tertiary/aromatic N) is 2. The fourth-order valence-electron chi connectivity index (χ4n) is 18.7. The molecule has 0 N–H and O–H groups in total. The number of hydrogen-bond acceptors (Lipinski definition) is 6. The Morgan fingerprint density at radius 2 is 0.605 bits per heavy atom. The van der Waals surface area contributed by atoms with E-state index in [1.165, 1.54) is 32.3 Å². The van der Waals surface area contributed by atoms with Crippen LogP contribution in [0.5, 0.6) is 0 Å². The predicted molar refractivity (Wildman–Crippen MR) is 477 cm³/mol. The van der Waals surface area contributed by atoms with E-state index >= 15 is 0 Å². The molecule has 0 fully saturated rings. The van der Waals surface area contributed by atoms with Gasteiger partial charge < -0.3 is 27.5 Å². The molecule has 20 aromatic carbocycles. The quantitative estimate of drug-likeness (QED) is 0.120. The number of para-hydroxylation sites is 6. The molecule has 0 amide bonds. The first-order valence-electron chi connectivity index (χ1n) is 38.9. The van der Waals surface area contributed by atoms with Gasteiger partial charge in [0.15, 0.2) is 5.58 Å². The maximum Gasteiger partial charge on any atom is 0.159 e. The molecular weight excluding hydrogens is 1390 g/mol. The van der Waals surface area contributed by atoms with Crippen molar-refractivity contribution in [3.05, 3.63) is 388 Å². The minimum Gasteiger partial charge on any atom is -0.456 e. The molecule has 6 heteroatoms. The minimum absolute atomic E-state index is 0.803. The van der Waals surface area contributed by atoms with E-state index in [2.05, 4.69) is 386 Å². The van der Waals surface area contributed by atoms with E-state index in [0.29, 0.717) is 0 Å². The van der Waals surface area contributed by atoms with Gasteiger partial charge in [-0.2, -0.15) is 0 Å². The lowest BCUT2D eigenvalue weighted by Crippen LogP contribution is -2.13. The number of rotatable bonds is 11. The zero-order valence-corrected chi connectivity index (χ0v) is 61.5. The Morgan fingerprint density at radius 1 is 0.175 bits per heavy atom. The summed E-state index contributed by atoms with van der Waals surface area (Å²) < 4.78 is 27.8. The summed E-state index contributed by atoms with van der Waals surface area (Å²) in [6, 6.07) is 141. The number of benzene rings is 20. The van der Waals surface area contributed by atoms with Gasteiger partial charge in [0.05, 0.1) is 28.1 Å². The average Bonchev–Trinajstić information content (AvgIpc) is 1.00.